The van der Waals surface area contributed by atoms with Crippen molar-refractivity contribution in [3.8, 4) is 0 Å². The van der Waals surface area contributed by atoms with Gasteiger partial charge >= 0.3 is 6.18 Å². The summed E-state index contributed by atoms with van der Waals surface area (Å²) in [6.07, 6.45) is -4.59. The summed E-state index contributed by atoms with van der Waals surface area (Å²) in [5, 5.41) is 5.72. The standard InChI is InChI=1S/C13H17F4N3.HI/c1-8(2)20-12(18-3)19-7-9-4-5-10(14)6-11(9)13(15,16)17;/h4-6,8H,7H2,1-3H3,(H2,18,19,20);1H. The fraction of sp³-hybridized carbons (Fsp3) is 0.462. The predicted molar refractivity (Wildman–Crippen MR) is 85.3 cm³/mol. The molecule has 0 atom stereocenters. The normalized spacial score (nSPS) is 12.1. The zero-order valence-electron chi connectivity index (χ0n) is 11.9. The van der Waals surface area contributed by atoms with Gasteiger partial charge in [0, 0.05) is 19.6 Å². The second-order valence-electron chi connectivity index (χ2n) is 4.52. The van der Waals surface area contributed by atoms with Gasteiger partial charge in [-0.05, 0) is 31.5 Å². The Hall–Kier alpha value is -1.06. The van der Waals surface area contributed by atoms with E-state index in [1.807, 2.05) is 13.8 Å². The zero-order chi connectivity index (χ0) is 15.3. The van der Waals surface area contributed by atoms with Crippen molar-refractivity contribution in [2.45, 2.75) is 32.6 Å². The lowest BCUT2D eigenvalue weighted by Gasteiger charge is -2.17. The molecule has 0 bridgehead atoms. The summed E-state index contributed by atoms with van der Waals surface area (Å²) in [4.78, 5) is 3.89. The predicted octanol–water partition coefficient (Wildman–Crippen LogP) is 3.54. The van der Waals surface area contributed by atoms with Crippen LogP contribution >= 0.6 is 24.0 Å². The largest absolute Gasteiger partial charge is 0.416 e. The average molecular weight is 419 g/mol. The summed E-state index contributed by atoms with van der Waals surface area (Å²) in [5.41, 5.74) is -1.02. The molecule has 0 aliphatic carbocycles. The first-order chi connectivity index (χ1) is 9.24. The third kappa shape index (κ3) is 6.49. The Morgan fingerprint density at radius 2 is 1.90 bits per heavy atom. The quantitative estimate of drug-likeness (QED) is 0.341. The maximum absolute atomic E-state index is 13.0. The topological polar surface area (TPSA) is 36.4 Å². The summed E-state index contributed by atoms with van der Waals surface area (Å²) in [6.45, 7) is 3.67. The SMILES string of the molecule is CN=C(NCc1ccc(F)cc1C(F)(F)F)NC(C)C.I. The van der Waals surface area contributed by atoms with Crippen LogP contribution in [0.4, 0.5) is 17.6 Å². The van der Waals surface area contributed by atoms with E-state index in [4.69, 9.17) is 0 Å². The molecule has 8 heteroatoms. The summed E-state index contributed by atoms with van der Waals surface area (Å²) in [7, 11) is 1.52. The summed E-state index contributed by atoms with van der Waals surface area (Å²) < 4.78 is 51.4. The van der Waals surface area contributed by atoms with Crippen molar-refractivity contribution in [1.82, 2.24) is 10.6 Å². The first kappa shape index (κ1) is 19.9. The Bertz CT molecular complexity index is 487. The Kier molecular flexibility index (Phi) is 7.98. The highest BCUT2D eigenvalue weighted by atomic mass is 127. The van der Waals surface area contributed by atoms with Gasteiger partial charge in [-0.25, -0.2) is 4.39 Å². The Labute approximate surface area is 138 Å². The smallest absolute Gasteiger partial charge is 0.354 e. The lowest BCUT2D eigenvalue weighted by Crippen LogP contribution is -2.40. The van der Waals surface area contributed by atoms with Crippen LogP contribution in [-0.4, -0.2) is 19.0 Å². The fourth-order valence-corrected chi connectivity index (χ4v) is 1.61. The van der Waals surface area contributed by atoms with Gasteiger partial charge in [0.15, 0.2) is 5.96 Å². The van der Waals surface area contributed by atoms with Crippen LogP contribution in [0.2, 0.25) is 0 Å². The molecule has 0 saturated heterocycles. The highest BCUT2D eigenvalue weighted by Crippen LogP contribution is 2.32. The van der Waals surface area contributed by atoms with Gasteiger partial charge < -0.3 is 10.6 Å². The second-order valence-corrected chi connectivity index (χ2v) is 4.52. The molecule has 1 aromatic carbocycles. The number of alkyl halides is 3. The number of nitrogens with one attached hydrogen (secondary N) is 2. The number of rotatable bonds is 3. The van der Waals surface area contributed by atoms with Gasteiger partial charge in [-0.1, -0.05) is 6.07 Å². The van der Waals surface area contributed by atoms with Gasteiger partial charge in [-0.15, -0.1) is 24.0 Å². The van der Waals surface area contributed by atoms with Crippen LogP contribution in [0, 0.1) is 5.82 Å². The van der Waals surface area contributed by atoms with E-state index in [2.05, 4.69) is 15.6 Å². The van der Waals surface area contributed by atoms with E-state index in [0.717, 1.165) is 12.1 Å². The molecule has 0 heterocycles. The first-order valence-corrected chi connectivity index (χ1v) is 6.07. The molecule has 0 fully saturated rings. The molecule has 120 valence electrons. The maximum Gasteiger partial charge on any atom is 0.416 e. The van der Waals surface area contributed by atoms with Crippen LogP contribution in [0.15, 0.2) is 23.2 Å². The molecule has 0 unspecified atom stereocenters. The molecule has 1 aromatic rings. The van der Waals surface area contributed by atoms with Gasteiger partial charge in [0.1, 0.15) is 5.82 Å². The third-order valence-electron chi connectivity index (χ3n) is 2.47. The zero-order valence-corrected chi connectivity index (χ0v) is 14.2. The molecule has 0 radical (unpaired) electrons. The number of benzene rings is 1. The minimum atomic E-state index is -4.59. The Morgan fingerprint density at radius 1 is 1.29 bits per heavy atom. The molecule has 0 spiro atoms. The molecule has 2 N–H and O–H groups in total. The van der Waals surface area contributed by atoms with Gasteiger partial charge in [0.25, 0.3) is 0 Å². The summed E-state index contributed by atoms with van der Waals surface area (Å²) in [5.74, 6) is -0.525. The van der Waals surface area contributed by atoms with E-state index in [0.29, 0.717) is 12.0 Å². The van der Waals surface area contributed by atoms with Crippen LogP contribution in [-0.2, 0) is 12.7 Å². The van der Waals surface area contributed by atoms with Crippen LogP contribution in [0.3, 0.4) is 0 Å². The van der Waals surface area contributed by atoms with Crippen LogP contribution < -0.4 is 10.6 Å². The minimum Gasteiger partial charge on any atom is -0.354 e. The molecule has 0 saturated carbocycles. The third-order valence-corrected chi connectivity index (χ3v) is 2.47. The monoisotopic (exact) mass is 419 g/mol. The Balaban J connectivity index is 0.00000400. The molecule has 0 amide bonds. The fourth-order valence-electron chi connectivity index (χ4n) is 1.61. The van der Waals surface area contributed by atoms with E-state index in [-0.39, 0.29) is 42.1 Å². The molecular formula is C13H18F4IN3. The van der Waals surface area contributed by atoms with Crippen molar-refractivity contribution < 1.29 is 17.6 Å². The van der Waals surface area contributed by atoms with E-state index in [1.54, 1.807) is 0 Å². The number of hydrogen-bond acceptors (Lipinski definition) is 1. The number of hydrogen-bond donors (Lipinski definition) is 2. The molecular weight excluding hydrogens is 401 g/mol. The van der Waals surface area contributed by atoms with Gasteiger partial charge in [0.2, 0.25) is 0 Å². The van der Waals surface area contributed by atoms with Crippen LogP contribution in [0.25, 0.3) is 0 Å². The van der Waals surface area contributed by atoms with E-state index in [1.165, 1.54) is 7.05 Å². The van der Waals surface area contributed by atoms with Crippen molar-refractivity contribution in [1.29, 1.82) is 0 Å². The lowest BCUT2D eigenvalue weighted by molar-refractivity contribution is -0.138. The van der Waals surface area contributed by atoms with E-state index < -0.39 is 17.6 Å². The van der Waals surface area contributed by atoms with Crippen molar-refractivity contribution >= 4 is 29.9 Å². The number of nitrogens with zero attached hydrogens (tertiary/aromatic N) is 1. The molecule has 1 rings (SSSR count). The van der Waals surface area contributed by atoms with Crippen molar-refractivity contribution in [3.05, 3.63) is 35.1 Å². The molecule has 3 nitrogen and oxygen atoms in total. The molecule has 0 aliphatic rings. The van der Waals surface area contributed by atoms with Crippen molar-refractivity contribution in [2.75, 3.05) is 7.05 Å². The van der Waals surface area contributed by atoms with E-state index >= 15 is 0 Å². The maximum atomic E-state index is 13.0. The van der Waals surface area contributed by atoms with Gasteiger partial charge in [0.05, 0.1) is 5.56 Å². The van der Waals surface area contributed by atoms with Crippen molar-refractivity contribution in [2.24, 2.45) is 4.99 Å². The highest BCUT2D eigenvalue weighted by Gasteiger charge is 2.33. The number of guanidine groups is 1. The lowest BCUT2D eigenvalue weighted by atomic mass is 10.1. The first-order valence-electron chi connectivity index (χ1n) is 6.07. The number of aliphatic imine (C=N–C) groups is 1. The number of halogens is 5. The van der Waals surface area contributed by atoms with E-state index in [9.17, 15) is 17.6 Å². The average Bonchev–Trinajstić information content (AvgIpc) is 2.34. The molecule has 21 heavy (non-hydrogen) atoms. The van der Waals surface area contributed by atoms with Gasteiger partial charge in [-0.3, -0.25) is 4.99 Å². The Morgan fingerprint density at radius 3 is 2.38 bits per heavy atom. The minimum absolute atomic E-state index is 0. The van der Waals surface area contributed by atoms with Gasteiger partial charge in [-0.2, -0.15) is 13.2 Å². The molecule has 0 aliphatic heterocycles. The van der Waals surface area contributed by atoms with Crippen LogP contribution in [0.1, 0.15) is 25.0 Å². The second kappa shape index (κ2) is 8.40. The van der Waals surface area contributed by atoms with Crippen molar-refractivity contribution in [3.63, 3.8) is 0 Å². The summed E-state index contributed by atoms with van der Waals surface area (Å²) in [6, 6.07) is 2.71. The highest BCUT2D eigenvalue weighted by molar-refractivity contribution is 14.0. The van der Waals surface area contributed by atoms with Crippen LogP contribution in [0.5, 0.6) is 0 Å². The molecule has 0 aromatic heterocycles. The summed E-state index contributed by atoms with van der Waals surface area (Å²) >= 11 is 0.